The van der Waals surface area contributed by atoms with Crippen molar-refractivity contribution in [2.24, 2.45) is 0 Å². The number of carbonyl (C=O) groups excluding carboxylic acids is 2. The Balaban J connectivity index is 2.10. The first-order valence-corrected chi connectivity index (χ1v) is 8.72. The number of carbonyl (C=O) groups is 2. The van der Waals surface area contributed by atoms with Gasteiger partial charge in [0.15, 0.2) is 6.10 Å². The van der Waals surface area contributed by atoms with Gasteiger partial charge in [-0.05, 0) is 25.8 Å². The SMILES string of the molecule is CNc1ccc([N+](=O)[O-])cc1C(=O)O[C@@H](C)C(=O)NC1(C#N)CCCCC1. The molecule has 1 aromatic carbocycles. The van der Waals surface area contributed by atoms with Crippen molar-refractivity contribution in [1.82, 2.24) is 5.32 Å². The van der Waals surface area contributed by atoms with Crippen molar-refractivity contribution in [3.63, 3.8) is 0 Å². The summed E-state index contributed by atoms with van der Waals surface area (Å²) in [6.07, 6.45) is 2.69. The van der Waals surface area contributed by atoms with Crippen molar-refractivity contribution < 1.29 is 19.2 Å². The van der Waals surface area contributed by atoms with Gasteiger partial charge in [-0.25, -0.2) is 4.79 Å². The highest BCUT2D eigenvalue weighted by Crippen LogP contribution is 2.28. The molecule has 2 N–H and O–H groups in total. The van der Waals surface area contributed by atoms with Gasteiger partial charge in [0.2, 0.25) is 0 Å². The molecule has 2 rings (SSSR count). The number of nitro groups is 1. The Morgan fingerprint density at radius 3 is 2.56 bits per heavy atom. The first-order valence-electron chi connectivity index (χ1n) is 8.72. The third-order valence-electron chi connectivity index (χ3n) is 4.64. The summed E-state index contributed by atoms with van der Waals surface area (Å²) in [5.74, 6) is -1.43. The molecular formula is C18H22N4O5. The normalized spacial score (nSPS) is 16.5. The highest BCUT2D eigenvalue weighted by Gasteiger charge is 2.35. The second kappa shape index (κ2) is 8.49. The van der Waals surface area contributed by atoms with Crippen molar-refractivity contribution in [2.45, 2.75) is 50.7 Å². The molecule has 0 aromatic heterocycles. The van der Waals surface area contributed by atoms with E-state index in [-0.39, 0.29) is 11.3 Å². The summed E-state index contributed by atoms with van der Waals surface area (Å²) in [5, 5.41) is 25.8. The van der Waals surface area contributed by atoms with Crippen LogP contribution >= 0.6 is 0 Å². The number of nitriles is 1. The Bertz CT molecular complexity index is 780. The van der Waals surface area contributed by atoms with Gasteiger partial charge in [-0.1, -0.05) is 19.3 Å². The summed E-state index contributed by atoms with van der Waals surface area (Å²) in [6.45, 7) is 1.40. The van der Waals surface area contributed by atoms with Crippen molar-refractivity contribution in [3.05, 3.63) is 33.9 Å². The average Bonchev–Trinajstić information content (AvgIpc) is 2.67. The Labute approximate surface area is 156 Å². The lowest BCUT2D eigenvalue weighted by atomic mass is 9.83. The molecule has 1 amide bonds. The molecule has 0 bridgehead atoms. The van der Waals surface area contributed by atoms with E-state index in [4.69, 9.17) is 4.74 Å². The van der Waals surface area contributed by atoms with Crippen LogP contribution in [0.15, 0.2) is 18.2 Å². The van der Waals surface area contributed by atoms with Gasteiger partial charge in [0, 0.05) is 24.9 Å². The molecule has 27 heavy (non-hydrogen) atoms. The van der Waals surface area contributed by atoms with Crippen molar-refractivity contribution in [1.29, 1.82) is 5.26 Å². The fraction of sp³-hybridized carbons (Fsp3) is 0.500. The third kappa shape index (κ3) is 4.73. The molecular weight excluding hydrogens is 352 g/mol. The number of non-ortho nitro benzene ring substituents is 1. The fourth-order valence-corrected chi connectivity index (χ4v) is 3.07. The lowest BCUT2D eigenvalue weighted by Gasteiger charge is -2.32. The standard InChI is InChI=1S/C18H22N4O5/c1-12(16(23)21-18(11-19)8-4-3-5-9-18)27-17(24)14-10-13(22(25)26)6-7-15(14)20-2/h6-7,10,12,20H,3-5,8-9H2,1-2H3,(H,21,23)/t12-/m0/s1. The van der Waals surface area contributed by atoms with Crippen molar-refractivity contribution in [3.8, 4) is 6.07 Å². The maximum Gasteiger partial charge on any atom is 0.341 e. The minimum absolute atomic E-state index is 0.0426. The van der Waals surface area contributed by atoms with E-state index in [9.17, 15) is 25.0 Å². The predicted octanol–water partition coefficient (Wildman–Crippen LogP) is 2.52. The maximum absolute atomic E-state index is 12.4. The summed E-state index contributed by atoms with van der Waals surface area (Å²) in [4.78, 5) is 35.1. The Morgan fingerprint density at radius 2 is 2.00 bits per heavy atom. The molecule has 0 unspecified atom stereocenters. The molecule has 9 heteroatoms. The van der Waals surface area contributed by atoms with Gasteiger partial charge in [-0.2, -0.15) is 5.26 Å². The van der Waals surface area contributed by atoms with Crippen LogP contribution in [0.1, 0.15) is 49.4 Å². The van der Waals surface area contributed by atoms with Crippen LogP contribution in [0.2, 0.25) is 0 Å². The maximum atomic E-state index is 12.4. The van der Waals surface area contributed by atoms with Gasteiger partial charge in [0.05, 0.1) is 16.6 Å². The quantitative estimate of drug-likeness (QED) is 0.444. The number of rotatable bonds is 6. The molecule has 0 radical (unpaired) electrons. The Kier molecular flexibility index (Phi) is 6.34. The lowest BCUT2D eigenvalue weighted by Crippen LogP contribution is -2.52. The zero-order chi connectivity index (χ0) is 20.0. The molecule has 1 saturated carbocycles. The second-order valence-corrected chi connectivity index (χ2v) is 6.53. The molecule has 0 heterocycles. The molecule has 9 nitrogen and oxygen atoms in total. The zero-order valence-electron chi connectivity index (χ0n) is 15.3. The van der Waals surface area contributed by atoms with E-state index in [1.54, 1.807) is 7.05 Å². The topological polar surface area (TPSA) is 134 Å². The zero-order valence-corrected chi connectivity index (χ0v) is 15.3. The van der Waals surface area contributed by atoms with Crippen LogP contribution in [0.3, 0.4) is 0 Å². The third-order valence-corrected chi connectivity index (χ3v) is 4.64. The van der Waals surface area contributed by atoms with Crippen LogP contribution in [0.5, 0.6) is 0 Å². The number of amides is 1. The monoisotopic (exact) mass is 374 g/mol. The van der Waals surface area contributed by atoms with E-state index in [1.807, 2.05) is 0 Å². The summed E-state index contributed by atoms with van der Waals surface area (Å²) >= 11 is 0. The molecule has 1 aliphatic rings. The molecule has 144 valence electrons. The summed E-state index contributed by atoms with van der Waals surface area (Å²) in [7, 11) is 1.56. The van der Waals surface area contributed by atoms with Gasteiger partial charge in [-0.15, -0.1) is 0 Å². The number of hydrogen-bond acceptors (Lipinski definition) is 7. The van der Waals surface area contributed by atoms with Crippen LogP contribution < -0.4 is 10.6 Å². The molecule has 0 aliphatic heterocycles. The Hall–Kier alpha value is -3.15. The van der Waals surface area contributed by atoms with Crippen LogP contribution in [0.4, 0.5) is 11.4 Å². The number of benzene rings is 1. The number of esters is 1. The van der Waals surface area contributed by atoms with Gasteiger partial charge >= 0.3 is 5.97 Å². The van der Waals surface area contributed by atoms with Gasteiger partial charge in [-0.3, -0.25) is 14.9 Å². The number of hydrogen-bond donors (Lipinski definition) is 2. The van der Waals surface area contributed by atoms with E-state index in [0.29, 0.717) is 18.5 Å². The first kappa shape index (κ1) is 20.2. The number of nitrogens with one attached hydrogen (secondary N) is 2. The minimum Gasteiger partial charge on any atom is -0.449 e. The molecule has 1 aromatic rings. The summed E-state index contributed by atoms with van der Waals surface area (Å²) in [6, 6.07) is 5.92. The van der Waals surface area contributed by atoms with Gasteiger partial charge < -0.3 is 15.4 Å². The van der Waals surface area contributed by atoms with E-state index in [0.717, 1.165) is 25.3 Å². The highest BCUT2D eigenvalue weighted by molar-refractivity contribution is 5.98. The van der Waals surface area contributed by atoms with Crippen molar-refractivity contribution >= 4 is 23.3 Å². The van der Waals surface area contributed by atoms with Gasteiger partial charge in [0.25, 0.3) is 11.6 Å². The number of nitro benzene ring substituents is 1. The smallest absolute Gasteiger partial charge is 0.341 e. The Morgan fingerprint density at radius 1 is 1.33 bits per heavy atom. The first-order chi connectivity index (χ1) is 12.8. The fourth-order valence-electron chi connectivity index (χ4n) is 3.07. The summed E-state index contributed by atoms with van der Waals surface area (Å²) < 4.78 is 5.18. The highest BCUT2D eigenvalue weighted by atomic mass is 16.6. The molecule has 1 fully saturated rings. The lowest BCUT2D eigenvalue weighted by molar-refractivity contribution is -0.384. The molecule has 1 aliphatic carbocycles. The van der Waals surface area contributed by atoms with Crippen molar-refractivity contribution in [2.75, 3.05) is 12.4 Å². The van der Waals surface area contributed by atoms with Gasteiger partial charge in [0.1, 0.15) is 5.54 Å². The van der Waals surface area contributed by atoms with Crippen LogP contribution in [-0.4, -0.2) is 35.5 Å². The predicted molar refractivity (Wildman–Crippen MR) is 97.1 cm³/mol. The van der Waals surface area contributed by atoms with E-state index in [1.165, 1.54) is 19.1 Å². The largest absolute Gasteiger partial charge is 0.449 e. The van der Waals surface area contributed by atoms with Crippen LogP contribution in [0, 0.1) is 21.4 Å². The molecule has 0 saturated heterocycles. The van der Waals surface area contributed by atoms with Crippen LogP contribution in [-0.2, 0) is 9.53 Å². The average molecular weight is 374 g/mol. The van der Waals surface area contributed by atoms with Crippen LogP contribution in [0.25, 0.3) is 0 Å². The molecule has 1 atom stereocenters. The van der Waals surface area contributed by atoms with E-state index in [2.05, 4.69) is 16.7 Å². The number of nitrogens with zero attached hydrogens (tertiary/aromatic N) is 2. The number of anilines is 1. The van der Waals surface area contributed by atoms with E-state index < -0.39 is 28.4 Å². The number of ether oxygens (including phenoxy) is 1. The molecule has 0 spiro atoms. The van der Waals surface area contributed by atoms with E-state index >= 15 is 0 Å². The minimum atomic E-state index is -1.14. The second-order valence-electron chi connectivity index (χ2n) is 6.53. The summed E-state index contributed by atoms with van der Waals surface area (Å²) in [5.41, 5.74) is -0.890.